The van der Waals surface area contributed by atoms with Crippen LogP contribution in [0.1, 0.15) is 222 Å². The highest BCUT2D eigenvalue weighted by molar-refractivity contribution is 5.66. The Morgan fingerprint density at radius 3 is 1.77 bits per heavy atom. The molecule has 0 heterocycles. The second-order valence-corrected chi connectivity index (χ2v) is 21.1. The third kappa shape index (κ3) is 9.80. The first-order valence-electron chi connectivity index (χ1n) is 22.8. The van der Waals surface area contributed by atoms with Gasteiger partial charge in [-0.05, 0) is 137 Å². The van der Waals surface area contributed by atoms with Crippen LogP contribution in [0.5, 0.6) is 0 Å². The zero-order valence-electron chi connectivity index (χ0n) is 36.0. The summed E-state index contributed by atoms with van der Waals surface area (Å²) < 4.78 is 0. The Morgan fingerprint density at radius 1 is 0.736 bits per heavy atom. The Balaban J connectivity index is 1.22. The predicted molar refractivity (Wildman–Crippen MR) is 221 cm³/mol. The molecule has 0 amide bonds. The lowest BCUT2D eigenvalue weighted by Gasteiger charge is -2.72. The number of aliphatic carboxylic acids is 1. The number of aliphatic hydroxyl groups is 3. The van der Waals surface area contributed by atoms with Gasteiger partial charge in [0.15, 0.2) is 0 Å². The molecule has 0 aliphatic heterocycles. The number of carbonyl (C=O) groups is 1. The SMILES string of the molecule is CC(C)=CCC[C@](C)(O)[C@H]1CC[C@]2(C)[C@@H]1C[C@@H](O)[C@@H]1[C@@]3(C)CC[C@@](O)(CCCCCCCCCCCCCCCCCC(=O)O)C(C)(C)[C@@H]3CC[C@]12C. The van der Waals surface area contributed by atoms with Gasteiger partial charge in [-0.1, -0.05) is 136 Å². The van der Waals surface area contributed by atoms with E-state index in [0.29, 0.717) is 18.3 Å². The highest BCUT2D eigenvalue weighted by atomic mass is 16.4. The third-order valence-corrected chi connectivity index (χ3v) is 17.2. The van der Waals surface area contributed by atoms with Gasteiger partial charge in [0.1, 0.15) is 0 Å². The summed E-state index contributed by atoms with van der Waals surface area (Å²) in [4.78, 5) is 10.6. The number of rotatable bonds is 22. The molecule has 4 aliphatic carbocycles. The minimum atomic E-state index is -0.712. The van der Waals surface area contributed by atoms with Gasteiger partial charge in [0, 0.05) is 6.42 Å². The van der Waals surface area contributed by atoms with Crippen LogP contribution in [0.25, 0.3) is 0 Å². The van der Waals surface area contributed by atoms with Gasteiger partial charge in [-0.2, -0.15) is 0 Å². The van der Waals surface area contributed by atoms with Crippen molar-refractivity contribution in [2.45, 2.75) is 240 Å². The Morgan fingerprint density at radius 2 is 1.25 bits per heavy atom. The van der Waals surface area contributed by atoms with E-state index < -0.39 is 17.2 Å². The molecule has 4 N–H and O–H groups in total. The summed E-state index contributed by atoms with van der Waals surface area (Å²) in [5.41, 5.74) is -0.0830. The maximum absolute atomic E-state index is 12.4. The minimum absolute atomic E-state index is 0.00347. The lowest BCUT2D eigenvalue weighted by molar-refractivity contribution is -0.274. The normalized spacial score (nSPS) is 37.3. The molecule has 4 saturated carbocycles. The number of hydrogen-bond acceptors (Lipinski definition) is 4. The number of fused-ring (bicyclic) bond motifs is 5. The molecular formula is C48H86O5. The summed E-state index contributed by atoms with van der Waals surface area (Å²) in [6.07, 6.45) is 30.5. The van der Waals surface area contributed by atoms with Crippen molar-refractivity contribution in [1.82, 2.24) is 0 Å². The molecule has 0 aromatic rings. The average molecular weight is 743 g/mol. The van der Waals surface area contributed by atoms with E-state index in [1.165, 1.54) is 82.6 Å². The number of carboxylic acid groups (broad SMARTS) is 1. The average Bonchev–Trinajstić information content (AvgIpc) is 3.42. The highest BCUT2D eigenvalue weighted by Gasteiger charge is 2.72. The molecule has 5 heteroatoms. The van der Waals surface area contributed by atoms with Crippen molar-refractivity contribution in [3.8, 4) is 0 Å². The Bertz CT molecular complexity index is 1190. The van der Waals surface area contributed by atoms with Gasteiger partial charge in [-0.15, -0.1) is 0 Å². The van der Waals surface area contributed by atoms with Crippen LogP contribution in [-0.2, 0) is 4.79 Å². The fourth-order valence-corrected chi connectivity index (χ4v) is 13.9. The highest BCUT2D eigenvalue weighted by Crippen LogP contribution is 2.76. The van der Waals surface area contributed by atoms with Crippen LogP contribution in [0.15, 0.2) is 11.6 Å². The molecule has 0 unspecified atom stereocenters. The van der Waals surface area contributed by atoms with Crippen molar-refractivity contribution >= 4 is 5.97 Å². The number of allylic oxidation sites excluding steroid dienone is 2. The van der Waals surface area contributed by atoms with Crippen LogP contribution >= 0.6 is 0 Å². The first-order valence-corrected chi connectivity index (χ1v) is 22.8. The van der Waals surface area contributed by atoms with Crippen LogP contribution in [0.4, 0.5) is 0 Å². The summed E-state index contributed by atoms with van der Waals surface area (Å²) >= 11 is 0. The van der Waals surface area contributed by atoms with E-state index in [1.807, 2.05) is 0 Å². The molecular weight excluding hydrogens is 657 g/mol. The molecule has 10 atom stereocenters. The van der Waals surface area contributed by atoms with Crippen LogP contribution < -0.4 is 0 Å². The third-order valence-electron chi connectivity index (χ3n) is 17.2. The van der Waals surface area contributed by atoms with Crippen molar-refractivity contribution in [3.63, 3.8) is 0 Å². The zero-order valence-corrected chi connectivity index (χ0v) is 36.0. The number of carboxylic acids is 1. The van der Waals surface area contributed by atoms with Crippen molar-refractivity contribution in [3.05, 3.63) is 11.6 Å². The van der Waals surface area contributed by atoms with Gasteiger partial charge >= 0.3 is 5.97 Å². The van der Waals surface area contributed by atoms with Gasteiger partial charge in [-0.3, -0.25) is 4.79 Å². The Kier molecular flexibility index (Phi) is 15.7. The second kappa shape index (κ2) is 18.6. The molecule has 4 fully saturated rings. The van der Waals surface area contributed by atoms with Gasteiger partial charge in [0.25, 0.3) is 0 Å². The molecule has 0 aromatic heterocycles. The molecule has 5 nitrogen and oxygen atoms in total. The zero-order chi connectivity index (χ0) is 39.1. The summed E-state index contributed by atoms with van der Waals surface area (Å²) in [6, 6.07) is 0. The van der Waals surface area contributed by atoms with Crippen LogP contribution in [-0.4, -0.2) is 43.7 Å². The molecule has 4 aliphatic rings. The van der Waals surface area contributed by atoms with Crippen molar-refractivity contribution in [2.24, 2.45) is 45.3 Å². The summed E-state index contributed by atoms with van der Waals surface area (Å²) in [5.74, 6) is 0.544. The van der Waals surface area contributed by atoms with Crippen molar-refractivity contribution in [2.75, 3.05) is 0 Å². The summed E-state index contributed by atoms with van der Waals surface area (Å²) in [6.45, 7) is 18.7. The van der Waals surface area contributed by atoms with Gasteiger partial charge in [0.2, 0.25) is 0 Å². The molecule has 0 radical (unpaired) electrons. The monoisotopic (exact) mass is 743 g/mol. The molecule has 53 heavy (non-hydrogen) atoms. The fraction of sp³-hybridized carbons (Fsp3) is 0.938. The van der Waals surface area contributed by atoms with E-state index in [-0.39, 0.29) is 39.6 Å². The van der Waals surface area contributed by atoms with E-state index in [9.17, 15) is 20.1 Å². The first-order chi connectivity index (χ1) is 24.9. The molecule has 4 rings (SSSR count). The standard InChI is InChI=1S/C48H86O5/c1-36(2)25-24-29-47(8,52)37-27-31-45(6)38(37)35-39(49)42-44(5)33-34-48(53,43(3,4)40(44)28-32-46(42,45)7)30-23-21-19-17-15-13-11-9-10-12-14-16-18-20-22-26-41(50)51/h25,37-40,42,49,52-53H,9-24,26-35H2,1-8H3,(H,50,51)/t37-,38+,39+,40-,42+,44-,45+,46+,47-,48-/m0/s1. The molecule has 0 saturated heterocycles. The number of aliphatic hydroxyl groups excluding tert-OH is 1. The van der Waals surface area contributed by atoms with Gasteiger partial charge in [-0.25, -0.2) is 0 Å². The van der Waals surface area contributed by atoms with Crippen LogP contribution in [0, 0.1) is 45.3 Å². The largest absolute Gasteiger partial charge is 0.481 e. The summed E-state index contributed by atoms with van der Waals surface area (Å²) in [7, 11) is 0. The predicted octanol–water partition coefficient (Wildman–Crippen LogP) is 12.6. The van der Waals surface area contributed by atoms with Crippen molar-refractivity contribution < 1.29 is 25.2 Å². The van der Waals surface area contributed by atoms with E-state index in [2.05, 4.69) is 61.5 Å². The first kappa shape index (κ1) is 44.8. The van der Waals surface area contributed by atoms with E-state index in [1.54, 1.807) is 0 Å². The maximum Gasteiger partial charge on any atom is 0.303 e. The minimum Gasteiger partial charge on any atom is -0.481 e. The summed E-state index contributed by atoms with van der Waals surface area (Å²) in [5, 5.41) is 45.3. The fourth-order valence-electron chi connectivity index (χ4n) is 13.9. The quantitative estimate of drug-likeness (QED) is 0.0654. The number of unbranched alkanes of at least 4 members (excludes halogenated alkanes) is 14. The molecule has 0 aromatic carbocycles. The Hall–Kier alpha value is -0.910. The Labute approximate surface area is 327 Å². The van der Waals surface area contributed by atoms with E-state index in [0.717, 1.165) is 83.5 Å². The maximum atomic E-state index is 12.4. The lowest BCUT2D eigenvalue weighted by Crippen LogP contribution is -2.69. The van der Waals surface area contributed by atoms with Crippen molar-refractivity contribution in [1.29, 1.82) is 0 Å². The van der Waals surface area contributed by atoms with E-state index in [4.69, 9.17) is 5.11 Å². The molecule has 308 valence electrons. The van der Waals surface area contributed by atoms with Gasteiger partial charge in [0.05, 0.1) is 17.3 Å². The second-order valence-electron chi connectivity index (χ2n) is 21.1. The van der Waals surface area contributed by atoms with Crippen LogP contribution in [0.3, 0.4) is 0 Å². The lowest BCUT2D eigenvalue weighted by atomic mass is 9.33. The van der Waals surface area contributed by atoms with Gasteiger partial charge < -0.3 is 20.4 Å². The van der Waals surface area contributed by atoms with E-state index >= 15 is 0 Å². The van der Waals surface area contributed by atoms with Crippen LogP contribution in [0.2, 0.25) is 0 Å². The molecule has 0 spiro atoms. The topological polar surface area (TPSA) is 98.0 Å². The molecule has 0 bridgehead atoms. The smallest absolute Gasteiger partial charge is 0.303 e. The number of hydrogen-bond donors (Lipinski definition) is 4.